The summed E-state index contributed by atoms with van der Waals surface area (Å²) in [5.74, 6) is 0.794. The zero-order valence-corrected chi connectivity index (χ0v) is 20.6. The van der Waals surface area contributed by atoms with Crippen LogP contribution < -0.4 is 9.47 Å². The van der Waals surface area contributed by atoms with E-state index in [4.69, 9.17) is 14.9 Å². The number of aryl methyl sites for hydroxylation is 1. The zero-order chi connectivity index (χ0) is 24.4. The maximum absolute atomic E-state index is 12.8. The van der Waals surface area contributed by atoms with E-state index in [0.29, 0.717) is 29.9 Å². The Bertz CT molecular complexity index is 1260. The van der Waals surface area contributed by atoms with Gasteiger partial charge in [0.15, 0.2) is 22.5 Å². The van der Waals surface area contributed by atoms with Gasteiger partial charge in [0.2, 0.25) is 5.17 Å². The second kappa shape index (κ2) is 9.95. The summed E-state index contributed by atoms with van der Waals surface area (Å²) in [5.41, 5.74) is 3.18. The van der Waals surface area contributed by atoms with E-state index in [2.05, 4.69) is 28.0 Å². The smallest absolute Gasteiger partial charge is 0.283 e. The van der Waals surface area contributed by atoms with Crippen molar-refractivity contribution >= 4 is 39.9 Å². The van der Waals surface area contributed by atoms with Crippen LogP contribution in [0.3, 0.4) is 0 Å². The average Bonchev–Trinajstić information content (AvgIpc) is 3.53. The summed E-state index contributed by atoms with van der Waals surface area (Å²) >= 11 is 1.35. The summed E-state index contributed by atoms with van der Waals surface area (Å²) in [7, 11) is 0. The number of nitrogens with zero attached hydrogens (tertiary/aromatic N) is 4. The first-order chi connectivity index (χ1) is 17.0. The maximum atomic E-state index is 12.8. The summed E-state index contributed by atoms with van der Waals surface area (Å²) in [4.78, 5) is 19.2. The van der Waals surface area contributed by atoms with Crippen molar-refractivity contribution < 1.29 is 14.3 Å². The quantitative estimate of drug-likeness (QED) is 0.595. The Kier molecular flexibility index (Phi) is 6.59. The van der Waals surface area contributed by atoms with E-state index in [-0.39, 0.29) is 11.4 Å². The van der Waals surface area contributed by atoms with Gasteiger partial charge in [-0.2, -0.15) is 10.0 Å². The number of fused-ring (bicyclic) bond motifs is 1. The van der Waals surface area contributed by atoms with Crippen molar-refractivity contribution in [3.63, 3.8) is 0 Å². The van der Waals surface area contributed by atoms with E-state index in [1.807, 2.05) is 43.3 Å². The Morgan fingerprint density at radius 3 is 2.66 bits per heavy atom. The van der Waals surface area contributed by atoms with Crippen LogP contribution in [-0.4, -0.2) is 51.7 Å². The van der Waals surface area contributed by atoms with Crippen molar-refractivity contribution in [2.24, 2.45) is 10.1 Å². The lowest BCUT2D eigenvalue weighted by Crippen LogP contribution is -2.35. The Morgan fingerprint density at radius 2 is 1.89 bits per heavy atom. The first-order valence-corrected chi connectivity index (χ1v) is 12.5. The van der Waals surface area contributed by atoms with Crippen molar-refractivity contribution in [2.45, 2.75) is 33.3 Å². The summed E-state index contributed by atoms with van der Waals surface area (Å²) in [6.07, 6.45) is 3.91. The highest BCUT2D eigenvalue weighted by atomic mass is 32.2. The molecule has 8 nitrogen and oxygen atoms in total. The third kappa shape index (κ3) is 4.81. The largest absolute Gasteiger partial charge is 0.490 e. The minimum absolute atomic E-state index is 0.0273. The summed E-state index contributed by atoms with van der Waals surface area (Å²) in [6, 6.07) is 13.6. The van der Waals surface area contributed by atoms with Crippen molar-refractivity contribution in [3.05, 3.63) is 64.7 Å². The average molecular weight is 490 g/mol. The van der Waals surface area contributed by atoms with Gasteiger partial charge in [-0.05, 0) is 73.4 Å². The predicted molar refractivity (Wildman–Crippen MR) is 139 cm³/mol. The zero-order valence-electron chi connectivity index (χ0n) is 19.8. The number of ether oxygens (including phenoxy) is 2. The molecule has 2 aromatic carbocycles. The van der Waals surface area contributed by atoms with Crippen LogP contribution in [0.2, 0.25) is 0 Å². The van der Waals surface area contributed by atoms with Gasteiger partial charge in [0.05, 0.1) is 12.2 Å². The van der Waals surface area contributed by atoms with Crippen LogP contribution in [0.1, 0.15) is 36.5 Å². The van der Waals surface area contributed by atoms with E-state index < -0.39 is 5.91 Å². The van der Waals surface area contributed by atoms with E-state index in [9.17, 15) is 4.79 Å². The van der Waals surface area contributed by atoms with E-state index in [0.717, 1.165) is 47.8 Å². The molecule has 1 saturated heterocycles. The number of carbonyl (C=O) groups excluding carboxylic acids is 1. The molecule has 0 spiro atoms. The fourth-order valence-corrected chi connectivity index (χ4v) is 5.06. The molecular formula is C26H27N5O3S. The fraction of sp³-hybridized carbons (Fsp3) is 0.308. The normalized spacial score (nSPS) is 18.6. The number of benzene rings is 2. The molecule has 180 valence electrons. The molecule has 3 aliphatic rings. The van der Waals surface area contributed by atoms with Crippen LogP contribution in [-0.2, 0) is 11.4 Å². The van der Waals surface area contributed by atoms with Crippen molar-refractivity contribution in [1.82, 2.24) is 9.91 Å². The highest BCUT2D eigenvalue weighted by molar-refractivity contribution is 8.26. The Labute approximate surface area is 208 Å². The molecule has 0 saturated carbocycles. The number of aliphatic imine (C=N–C) groups is 1. The number of amidine groups is 3. The van der Waals surface area contributed by atoms with E-state index >= 15 is 0 Å². The van der Waals surface area contributed by atoms with Gasteiger partial charge >= 0.3 is 0 Å². The molecule has 1 fully saturated rings. The van der Waals surface area contributed by atoms with Crippen LogP contribution >= 0.6 is 11.8 Å². The fourth-order valence-electron chi connectivity index (χ4n) is 4.11. The summed E-state index contributed by atoms with van der Waals surface area (Å²) in [5, 5.41) is 15.9. The second-order valence-corrected chi connectivity index (χ2v) is 9.39. The SMILES string of the molecule is CCOc1cc(/C=C2\C(=N)N3N=C(N4CCCC4)SC3=NC2=O)ccc1OCc1ccccc1C. The molecule has 0 bridgehead atoms. The van der Waals surface area contributed by atoms with Gasteiger partial charge in [-0.25, -0.2) is 0 Å². The minimum Gasteiger partial charge on any atom is -0.490 e. The molecule has 0 atom stereocenters. The predicted octanol–water partition coefficient (Wildman–Crippen LogP) is 4.65. The van der Waals surface area contributed by atoms with Crippen molar-refractivity contribution in [2.75, 3.05) is 19.7 Å². The molecule has 9 heteroatoms. The molecular weight excluding hydrogens is 462 g/mol. The molecule has 0 aromatic heterocycles. The first-order valence-electron chi connectivity index (χ1n) is 11.7. The van der Waals surface area contributed by atoms with E-state index in [1.165, 1.54) is 16.8 Å². The monoisotopic (exact) mass is 489 g/mol. The Hall–Kier alpha value is -3.59. The molecule has 1 N–H and O–H groups in total. The maximum Gasteiger partial charge on any atom is 0.283 e. The van der Waals surface area contributed by atoms with Crippen LogP contribution in [0.25, 0.3) is 6.08 Å². The summed E-state index contributed by atoms with van der Waals surface area (Å²) < 4.78 is 11.9. The standard InChI is InChI=1S/C26H27N5O3S/c1-3-33-22-15-18(10-11-21(22)34-16-19-9-5-4-8-17(19)2)14-20-23(27)31-25(28-24(20)32)35-26(29-31)30-12-6-7-13-30/h4-5,8-11,14-15,27H,3,6-7,12-13,16H2,1-2H3/b20-14+,27-23?. The minimum atomic E-state index is -0.440. The van der Waals surface area contributed by atoms with Crippen LogP contribution in [0.5, 0.6) is 11.5 Å². The van der Waals surface area contributed by atoms with Crippen LogP contribution in [0, 0.1) is 12.3 Å². The third-order valence-corrected chi connectivity index (χ3v) is 7.01. The van der Waals surface area contributed by atoms with Crippen molar-refractivity contribution in [3.8, 4) is 11.5 Å². The van der Waals surface area contributed by atoms with Gasteiger partial charge in [0, 0.05) is 13.1 Å². The number of hydrogen-bond donors (Lipinski definition) is 1. The number of hydrogen-bond acceptors (Lipinski definition) is 7. The molecule has 3 aliphatic heterocycles. The summed E-state index contributed by atoms with van der Waals surface area (Å²) in [6.45, 7) is 6.75. The first kappa shape index (κ1) is 23.2. The number of thioether (sulfide) groups is 1. The van der Waals surface area contributed by atoms with Gasteiger partial charge in [-0.3, -0.25) is 10.2 Å². The number of amides is 1. The number of rotatable bonds is 6. The Balaban J connectivity index is 1.37. The molecule has 0 aliphatic carbocycles. The number of likely N-dealkylation sites (tertiary alicyclic amines) is 1. The number of nitrogens with one attached hydrogen (secondary N) is 1. The molecule has 2 aromatic rings. The number of hydrazone groups is 1. The molecule has 35 heavy (non-hydrogen) atoms. The Morgan fingerprint density at radius 1 is 1.09 bits per heavy atom. The van der Waals surface area contributed by atoms with E-state index in [1.54, 1.807) is 6.08 Å². The topological polar surface area (TPSA) is 90.6 Å². The highest BCUT2D eigenvalue weighted by Crippen LogP contribution is 2.33. The lowest BCUT2D eigenvalue weighted by atomic mass is 10.1. The molecule has 1 amide bonds. The third-order valence-electron chi connectivity index (χ3n) is 6.04. The lowest BCUT2D eigenvalue weighted by molar-refractivity contribution is -0.114. The van der Waals surface area contributed by atoms with Gasteiger partial charge in [0.1, 0.15) is 6.61 Å². The molecule has 5 rings (SSSR count). The lowest BCUT2D eigenvalue weighted by Gasteiger charge is -2.20. The molecule has 0 radical (unpaired) electrons. The van der Waals surface area contributed by atoms with Crippen LogP contribution in [0.15, 0.2) is 58.1 Å². The van der Waals surface area contributed by atoms with Crippen molar-refractivity contribution in [1.29, 1.82) is 5.41 Å². The molecule has 0 unspecified atom stereocenters. The second-order valence-electron chi connectivity index (χ2n) is 8.45. The van der Waals surface area contributed by atoms with Gasteiger partial charge in [0.25, 0.3) is 5.91 Å². The molecule has 3 heterocycles. The van der Waals surface area contributed by atoms with Gasteiger partial charge < -0.3 is 14.4 Å². The number of carbonyl (C=O) groups is 1. The highest BCUT2D eigenvalue weighted by Gasteiger charge is 2.37. The van der Waals surface area contributed by atoms with Gasteiger partial charge in [-0.15, -0.1) is 5.10 Å². The van der Waals surface area contributed by atoms with Gasteiger partial charge in [-0.1, -0.05) is 30.3 Å². The van der Waals surface area contributed by atoms with Crippen LogP contribution in [0.4, 0.5) is 0 Å².